The summed E-state index contributed by atoms with van der Waals surface area (Å²) in [5, 5.41) is 2.86. The lowest BCUT2D eigenvalue weighted by molar-refractivity contribution is -0.136. The van der Waals surface area contributed by atoms with Crippen molar-refractivity contribution < 1.29 is 9.59 Å². The molecule has 1 unspecified atom stereocenters. The van der Waals surface area contributed by atoms with Crippen LogP contribution in [0.1, 0.15) is 30.9 Å². The molecule has 4 nitrogen and oxygen atoms in total. The minimum atomic E-state index is -0.482. The van der Waals surface area contributed by atoms with Gasteiger partial charge >= 0.3 is 0 Å². The highest BCUT2D eigenvalue weighted by molar-refractivity contribution is 7.99. The summed E-state index contributed by atoms with van der Waals surface area (Å²) >= 11 is 1.61. The number of aryl methyl sites for hydroxylation is 1. The van der Waals surface area contributed by atoms with E-state index in [2.05, 4.69) is 60.8 Å². The van der Waals surface area contributed by atoms with Gasteiger partial charge < -0.3 is 10.2 Å². The Morgan fingerprint density at radius 2 is 1.72 bits per heavy atom. The van der Waals surface area contributed by atoms with Crippen molar-refractivity contribution >= 4 is 23.6 Å². The van der Waals surface area contributed by atoms with Crippen molar-refractivity contribution in [1.29, 1.82) is 0 Å². The van der Waals surface area contributed by atoms with Gasteiger partial charge in [-0.25, -0.2) is 0 Å². The molecular weight excluding hydrogens is 380 g/mol. The number of carbonyl (C=O) groups excluding carboxylic acids is 2. The number of nitrogens with one attached hydrogen (secondary N) is 1. The SMILES string of the molecule is CC(=O)NC(CSc1ccc(C)cc1)C(=O)N1CCC(Cc2ccccc2)CC1. The number of amides is 2. The highest BCUT2D eigenvalue weighted by Crippen LogP contribution is 2.24. The van der Waals surface area contributed by atoms with Gasteiger partial charge in [-0.05, 0) is 49.8 Å². The molecule has 0 aromatic heterocycles. The summed E-state index contributed by atoms with van der Waals surface area (Å²) in [6, 6.07) is 18.3. The topological polar surface area (TPSA) is 49.4 Å². The van der Waals surface area contributed by atoms with Gasteiger partial charge in [-0.3, -0.25) is 9.59 Å². The zero-order valence-corrected chi connectivity index (χ0v) is 18.1. The van der Waals surface area contributed by atoms with E-state index in [1.807, 2.05) is 11.0 Å². The third kappa shape index (κ3) is 6.64. The third-order valence-electron chi connectivity index (χ3n) is 5.41. The van der Waals surface area contributed by atoms with Crippen LogP contribution in [0, 0.1) is 12.8 Å². The Balaban J connectivity index is 1.53. The molecule has 1 aliphatic heterocycles. The fraction of sp³-hybridized carbons (Fsp3) is 0.417. The summed E-state index contributed by atoms with van der Waals surface area (Å²) in [5.74, 6) is 1.04. The summed E-state index contributed by atoms with van der Waals surface area (Å²) in [5.41, 5.74) is 2.57. The lowest BCUT2D eigenvalue weighted by atomic mass is 9.90. The number of hydrogen-bond donors (Lipinski definition) is 1. The van der Waals surface area contributed by atoms with E-state index in [1.165, 1.54) is 18.1 Å². The first-order valence-electron chi connectivity index (χ1n) is 10.3. The maximum Gasteiger partial charge on any atom is 0.246 e. The van der Waals surface area contributed by atoms with E-state index in [0.717, 1.165) is 37.2 Å². The molecule has 3 rings (SSSR count). The number of hydrogen-bond acceptors (Lipinski definition) is 3. The highest BCUT2D eigenvalue weighted by Gasteiger charge is 2.29. The first-order valence-corrected chi connectivity index (χ1v) is 11.3. The van der Waals surface area contributed by atoms with Crippen molar-refractivity contribution in [2.75, 3.05) is 18.8 Å². The van der Waals surface area contributed by atoms with Crippen LogP contribution in [0.25, 0.3) is 0 Å². The molecule has 1 aliphatic rings. The monoisotopic (exact) mass is 410 g/mol. The second-order valence-corrected chi connectivity index (χ2v) is 8.93. The summed E-state index contributed by atoms with van der Waals surface area (Å²) in [7, 11) is 0. The number of carbonyl (C=O) groups is 2. The van der Waals surface area contributed by atoms with Gasteiger partial charge in [-0.2, -0.15) is 0 Å². The van der Waals surface area contributed by atoms with Crippen molar-refractivity contribution in [3.63, 3.8) is 0 Å². The molecular formula is C24H30N2O2S. The van der Waals surface area contributed by atoms with Gasteiger partial charge in [0.05, 0.1) is 0 Å². The molecule has 29 heavy (non-hydrogen) atoms. The Labute approximate surface area is 178 Å². The second kappa shape index (κ2) is 10.5. The first kappa shape index (κ1) is 21.4. The van der Waals surface area contributed by atoms with Crippen molar-refractivity contribution in [2.24, 2.45) is 5.92 Å². The van der Waals surface area contributed by atoms with E-state index in [0.29, 0.717) is 11.7 Å². The van der Waals surface area contributed by atoms with E-state index in [4.69, 9.17) is 0 Å². The lowest BCUT2D eigenvalue weighted by Gasteiger charge is -2.34. The molecule has 2 aromatic rings. The molecule has 154 valence electrons. The summed E-state index contributed by atoms with van der Waals surface area (Å²) in [6.07, 6.45) is 3.10. The van der Waals surface area contributed by atoms with Crippen LogP contribution >= 0.6 is 11.8 Å². The average Bonchev–Trinajstić information content (AvgIpc) is 2.73. The van der Waals surface area contributed by atoms with E-state index in [1.54, 1.807) is 11.8 Å². The summed E-state index contributed by atoms with van der Waals surface area (Å²) in [6.45, 7) is 5.06. The van der Waals surface area contributed by atoms with Crippen LogP contribution in [0.2, 0.25) is 0 Å². The molecule has 0 saturated carbocycles. The maximum absolute atomic E-state index is 13.1. The Morgan fingerprint density at radius 1 is 1.07 bits per heavy atom. The predicted molar refractivity (Wildman–Crippen MR) is 119 cm³/mol. The molecule has 2 aromatic carbocycles. The number of nitrogens with zero attached hydrogens (tertiary/aromatic N) is 1. The summed E-state index contributed by atoms with van der Waals surface area (Å²) in [4.78, 5) is 27.8. The van der Waals surface area contributed by atoms with E-state index < -0.39 is 6.04 Å². The van der Waals surface area contributed by atoms with Crippen LogP contribution in [-0.2, 0) is 16.0 Å². The van der Waals surface area contributed by atoms with Crippen molar-refractivity contribution in [2.45, 2.75) is 44.0 Å². The van der Waals surface area contributed by atoms with Crippen LogP contribution in [0.5, 0.6) is 0 Å². The Kier molecular flexibility index (Phi) is 7.76. The fourth-order valence-electron chi connectivity index (χ4n) is 3.76. The van der Waals surface area contributed by atoms with Gasteiger partial charge in [0.2, 0.25) is 11.8 Å². The zero-order chi connectivity index (χ0) is 20.6. The predicted octanol–water partition coefficient (Wildman–Crippen LogP) is 4.07. The first-order chi connectivity index (χ1) is 14.0. The molecule has 1 atom stereocenters. The Bertz CT molecular complexity index is 799. The third-order valence-corrected chi connectivity index (χ3v) is 6.51. The van der Waals surface area contributed by atoms with Crippen molar-refractivity contribution in [3.05, 3.63) is 65.7 Å². The second-order valence-electron chi connectivity index (χ2n) is 7.84. The number of rotatable bonds is 7. The van der Waals surface area contributed by atoms with Crippen LogP contribution in [0.3, 0.4) is 0 Å². The highest BCUT2D eigenvalue weighted by atomic mass is 32.2. The molecule has 0 bridgehead atoms. The van der Waals surface area contributed by atoms with Gasteiger partial charge in [-0.1, -0.05) is 48.0 Å². The lowest BCUT2D eigenvalue weighted by Crippen LogP contribution is -2.51. The van der Waals surface area contributed by atoms with Gasteiger partial charge in [0.25, 0.3) is 0 Å². The molecule has 2 amide bonds. The Morgan fingerprint density at radius 3 is 2.34 bits per heavy atom. The normalized spacial score (nSPS) is 15.7. The fourth-order valence-corrected chi connectivity index (χ4v) is 4.67. The largest absolute Gasteiger partial charge is 0.344 e. The molecule has 0 aliphatic carbocycles. The maximum atomic E-state index is 13.1. The zero-order valence-electron chi connectivity index (χ0n) is 17.3. The number of likely N-dealkylation sites (tertiary alicyclic amines) is 1. The van der Waals surface area contributed by atoms with E-state index in [9.17, 15) is 9.59 Å². The van der Waals surface area contributed by atoms with Crippen molar-refractivity contribution in [3.8, 4) is 0 Å². The minimum Gasteiger partial charge on any atom is -0.344 e. The molecule has 0 spiro atoms. The summed E-state index contributed by atoms with van der Waals surface area (Å²) < 4.78 is 0. The van der Waals surface area contributed by atoms with Gasteiger partial charge in [0, 0.05) is 30.7 Å². The molecule has 1 heterocycles. The Hall–Kier alpha value is -2.27. The smallest absolute Gasteiger partial charge is 0.246 e. The number of thioether (sulfide) groups is 1. The molecule has 1 saturated heterocycles. The van der Waals surface area contributed by atoms with E-state index in [-0.39, 0.29) is 11.8 Å². The molecule has 1 N–H and O–H groups in total. The van der Waals surface area contributed by atoms with Gasteiger partial charge in [0.15, 0.2) is 0 Å². The van der Waals surface area contributed by atoms with Crippen LogP contribution in [-0.4, -0.2) is 41.6 Å². The van der Waals surface area contributed by atoms with Crippen LogP contribution in [0.4, 0.5) is 0 Å². The van der Waals surface area contributed by atoms with Gasteiger partial charge in [-0.15, -0.1) is 11.8 Å². The standard InChI is InChI=1S/C24H30N2O2S/c1-18-8-10-22(11-9-18)29-17-23(25-19(2)27)24(28)26-14-12-21(13-15-26)16-20-6-4-3-5-7-20/h3-11,21,23H,12-17H2,1-2H3,(H,25,27). The quantitative estimate of drug-likeness (QED) is 0.700. The number of benzene rings is 2. The van der Waals surface area contributed by atoms with Crippen molar-refractivity contribution in [1.82, 2.24) is 10.2 Å². The van der Waals surface area contributed by atoms with Crippen LogP contribution < -0.4 is 5.32 Å². The molecule has 0 radical (unpaired) electrons. The molecule has 5 heteroatoms. The van der Waals surface area contributed by atoms with E-state index >= 15 is 0 Å². The average molecular weight is 411 g/mol. The molecule has 1 fully saturated rings. The minimum absolute atomic E-state index is 0.0398. The van der Waals surface area contributed by atoms with Gasteiger partial charge in [0.1, 0.15) is 6.04 Å². The number of piperidine rings is 1. The van der Waals surface area contributed by atoms with Crippen LogP contribution in [0.15, 0.2) is 59.5 Å².